The summed E-state index contributed by atoms with van der Waals surface area (Å²) in [5.41, 5.74) is 10.1. The Bertz CT molecular complexity index is 726. The Morgan fingerprint density at radius 2 is 1.88 bits per heavy atom. The lowest BCUT2D eigenvalue weighted by molar-refractivity contribution is 0.0907. The smallest absolute Gasteiger partial charge is 0.253 e. The fraction of sp³-hybridized carbons (Fsp3) is 0.476. The molecule has 0 saturated heterocycles. The predicted octanol–water partition coefficient (Wildman–Crippen LogP) is 3.82. The molecule has 3 N–H and O–H groups in total. The van der Waals surface area contributed by atoms with Crippen molar-refractivity contribution in [1.29, 1.82) is 0 Å². The quantitative estimate of drug-likeness (QED) is 0.834. The Morgan fingerprint density at radius 3 is 2.58 bits per heavy atom. The van der Waals surface area contributed by atoms with Crippen LogP contribution in [-0.4, -0.2) is 23.1 Å². The molecule has 1 heterocycles. The molecule has 5 heteroatoms. The van der Waals surface area contributed by atoms with Gasteiger partial charge in [0, 0.05) is 24.0 Å². The lowest BCUT2D eigenvalue weighted by Gasteiger charge is -2.31. The van der Waals surface area contributed by atoms with Gasteiger partial charge in [0.15, 0.2) is 0 Å². The summed E-state index contributed by atoms with van der Waals surface area (Å²) in [7, 11) is 0. The van der Waals surface area contributed by atoms with Gasteiger partial charge in [-0.25, -0.2) is 0 Å². The second-order valence-electron chi connectivity index (χ2n) is 7.22. The van der Waals surface area contributed by atoms with Gasteiger partial charge in [0.2, 0.25) is 0 Å². The molecule has 1 aromatic carbocycles. The molecule has 1 fully saturated rings. The zero-order valence-electron chi connectivity index (χ0n) is 15.7. The molecule has 0 radical (unpaired) electrons. The van der Waals surface area contributed by atoms with Crippen LogP contribution in [0.15, 0.2) is 36.4 Å². The van der Waals surface area contributed by atoms with Crippen molar-refractivity contribution in [1.82, 2.24) is 9.88 Å². The largest absolute Gasteiger partial charge is 0.349 e. The van der Waals surface area contributed by atoms with E-state index < -0.39 is 0 Å². The molecule has 1 aliphatic carbocycles. The number of nitrogens with zero attached hydrogens (tertiary/aromatic N) is 1. The summed E-state index contributed by atoms with van der Waals surface area (Å²) in [4.78, 5) is 12.8. The van der Waals surface area contributed by atoms with E-state index in [1.165, 1.54) is 18.4 Å². The van der Waals surface area contributed by atoms with Gasteiger partial charge in [-0.1, -0.05) is 43.2 Å². The van der Waals surface area contributed by atoms with Crippen molar-refractivity contribution in [2.75, 3.05) is 6.54 Å². The Balaban J connectivity index is 0.00000243. The third-order valence-electron chi connectivity index (χ3n) is 5.53. The van der Waals surface area contributed by atoms with E-state index in [2.05, 4.69) is 28.9 Å². The number of hydrogen-bond acceptors (Lipinski definition) is 2. The number of aryl methyl sites for hydroxylation is 1. The fourth-order valence-corrected chi connectivity index (χ4v) is 3.97. The van der Waals surface area contributed by atoms with Crippen molar-refractivity contribution >= 4 is 18.3 Å². The van der Waals surface area contributed by atoms with Crippen molar-refractivity contribution in [3.63, 3.8) is 0 Å². The van der Waals surface area contributed by atoms with E-state index in [9.17, 15) is 4.79 Å². The summed E-state index contributed by atoms with van der Waals surface area (Å²) >= 11 is 0. The second-order valence-corrected chi connectivity index (χ2v) is 7.22. The second kappa shape index (κ2) is 9.24. The average Bonchev–Trinajstić information content (AvgIpc) is 2.91. The first-order chi connectivity index (χ1) is 12.1. The molecule has 26 heavy (non-hydrogen) atoms. The van der Waals surface area contributed by atoms with Crippen LogP contribution < -0.4 is 11.1 Å². The normalized spacial score (nSPS) is 19.7. The van der Waals surface area contributed by atoms with E-state index in [0.29, 0.717) is 12.5 Å². The van der Waals surface area contributed by atoms with E-state index in [1.807, 2.05) is 31.2 Å². The number of nitrogens with one attached hydrogen (secondary N) is 1. The number of halogens is 1. The van der Waals surface area contributed by atoms with Gasteiger partial charge in [0.05, 0.1) is 5.56 Å². The molecule has 4 nitrogen and oxygen atoms in total. The van der Waals surface area contributed by atoms with Crippen LogP contribution in [0, 0.1) is 19.8 Å². The molecule has 1 aliphatic rings. The first-order valence-electron chi connectivity index (χ1n) is 9.31. The van der Waals surface area contributed by atoms with E-state index in [-0.39, 0.29) is 24.4 Å². The molecular formula is C21H30ClN3O. The summed E-state index contributed by atoms with van der Waals surface area (Å²) in [6.45, 7) is 5.54. The Kier molecular flexibility index (Phi) is 7.30. The number of amides is 1. The molecule has 3 rings (SSSR count). The van der Waals surface area contributed by atoms with Gasteiger partial charge in [-0.05, 0) is 50.8 Å². The monoisotopic (exact) mass is 375 g/mol. The van der Waals surface area contributed by atoms with Crippen molar-refractivity contribution in [3.8, 4) is 0 Å². The van der Waals surface area contributed by atoms with Gasteiger partial charge in [0.1, 0.15) is 0 Å². The zero-order chi connectivity index (χ0) is 17.8. The SMILES string of the molecule is Cc1cc(C(=O)NC2CCCCC2CN)c(C)n1Cc1ccccc1.Cl. The highest BCUT2D eigenvalue weighted by atomic mass is 35.5. The third kappa shape index (κ3) is 4.49. The summed E-state index contributed by atoms with van der Waals surface area (Å²) in [5.74, 6) is 0.447. The average molecular weight is 376 g/mol. The number of carbonyl (C=O) groups is 1. The molecule has 1 aromatic heterocycles. The van der Waals surface area contributed by atoms with Crippen LogP contribution in [0.1, 0.15) is 53.0 Å². The zero-order valence-corrected chi connectivity index (χ0v) is 16.5. The molecule has 0 aliphatic heterocycles. The minimum absolute atomic E-state index is 0. The van der Waals surface area contributed by atoms with E-state index in [0.717, 1.165) is 36.3 Å². The molecule has 2 atom stereocenters. The van der Waals surface area contributed by atoms with Gasteiger partial charge in [-0.15, -0.1) is 12.4 Å². The predicted molar refractivity (Wildman–Crippen MR) is 109 cm³/mol. The fourth-order valence-electron chi connectivity index (χ4n) is 3.97. The Labute approximate surface area is 162 Å². The van der Waals surface area contributed by atoms with Crippen LogP contribution in [0.5, 0.6) is 0 Å². The third-order valence-corrected chi connectivity index (χ3v) is 5.53. The van der Waals surface area contributed by atoms with Crippen LogP contribution in [0.2, 0.25) is 0 Å². The molecular weight excluding hydrogens is 346 g/mol. The summed E-state index contributed by atoms with van der Waals surface area (Å²) < 4.78 is 2.21. The van der Waals surface area contributed by atoms with Gasteiger partial charge >= 0.3 is 0 Å². The highest BCUT2D eigenvalue weighted by Gasteiger charge is 2.26. The summed E-state index contributed by atoms with van der Waals surface area (Å²) in [6.07, 6.45) is 4.55. The van der Waals surface area contributed by atoms with Crippen molar-refractivity contribution in [2.45, 2.75) is 52.1 Å². The molecule has 2 aromatic rings. The van der Waals surface area contributed by atoms with Crippen LogP contribution in [0.4, 0.5) is 0 Å². The van der Waals surface area contributed by atoms with Gasteiger partial charge < -0.3 is 15.6 Å². The molecule has 2 unspecified atom stereocenters. The summed E-state index contributed by atoms with van der Waals surface area (Å²) in [6, 6.07) is 12.6. The Morgan fingerprint density at radius 1 is 1.19 bits per heavy atom. The number of aromatic nitrogens is 1. The highest BCUT2D eigenvalue weighted by Crippen LogP contribution is 2.24. The Hall–Kier alpha value is -1.78. The molecule has 0 bridgehead atoms. The summed E-state index contributed by atoms with van der Waals surface area (Å²) in [5, 5.41) is 3.25. The minimum atomic E-state index is 0. The van der Waals surface area contributed by atoms with Crippen LogP contribution in [0.3, 0.4) is 0 Å². The number of rotatable bonds is 5. The maximum absolute atomic E-state index is 12.8. The molecule has 0 spiro atoms. The van der Waals surface area contributed by atoms with Crippen LogP contribution >= 0.6 is 12.4 Å². The van der Waals surface area contributed by atoms with Crippen molar-refractivity contribution in [3.05, 3.63) is 58.9 Å². The highest BCUT2D eigenvalue weighted by molar-refractivity contribution is 5.96. The van der Waals surface area contributed by atoms with Gasteiger partial charge in [-0.3, -0.25) is 4.79 Å². The van der Waals surface area contributed by atoms with E-state index in [4.69, 9.17) is 5.73 Å². The van der Waals surface area contributed by atoms with Crippen molar-refractivity contribution in [2.24, 2.45) is 11.7 Å². The maximum atomic E-state index is 12.8. The first-order valence-corrected chi connectivity index (χ1v) is 9.31. The van der Waals surface area contributed by atoms with E-state index >= 15 is 0 Å². The maximum Gasteiger partial charge on any atom is 0.253 e. The molecule has 1 saturated carbocycles. The number of carbonyl (C=O) groups excluding carboxylic acids is 1. The lowest BCUT2D eigenvalue weighted by Crippen LogP contribution is -2.44. The number of benzene rings is 1. The molecule has 1 amide bonds. The van der Waals surface area contributed by atoms with E-state index in [1.54, 1.807) is 0 Å². The molecule has 142 valence electrons. The van der Waals surface area contributed by atoms with Gasteiger partial charge in [-0.2, -0.15) is 0 Å². The van der Waals surface area contributed by atoms with Crippen LogP contribution in [-0.2, 0) is 6.54 Å². The van der Waals surface area contributed by atoms with Gasteiger partial charge in [0.25, 0.3) is 5.91 Å². The number of nitrogens with two attached hydrogens (primary N) is 1. The standard InChI is InChI=1S/C21H29N3O.ClH/c1-15-12-19(16(2)24(15)14-17-8-4-3-5-9-17)21(25)23-20-11-7-6-10-18(20)13-22;/h3-5,8-9,12,18,20H,6-7,10-11,13-14,22H2,1-2H3,(H,23,25);1H. The van der Waals surface area contributed by atoms with Crippen LogP contribution in [0.25, 0.3) is 0 Å². The minimum Gasteiger partial charge on any atom is -0.349 e. The lowest BCUT2D eigenvalue weighted by atomic mass is 9.84. The topological polar surface area (TPSA) is 60.1 Å². The number of hydrogen-bond donors (Lipinski definition) is 2. The first kappa shape index (κ1) is 20.5. The van der Waals surface area contributed by atoms with Crippen molar-refractivity contribution < 1.29 is 4.79 Å².